The number of carboxylic acids is 1. The number of fused-ring (bicyclic) bond motifs is 1. The molecule has 0 saturated heterocycles. The number of allylic oxidation sites excluding steroid dienone is 4. The van der Waals surface area contributed by atoms with E-state index in [1.807, 2.05) is 6.92 Å². The topological polar surface area (TPSA) is 37.3 Å². The van der Waals surface area contributed by atoms with E-state index in [2.05, 4.69) is 0 Å². The van der Waals surface area contributed by atoms with Crippen molar-refractivity contribution in [2.45, 2.75) is 18.3 Å². The fourth-order valence-corrected chi connectivity index (χ4v) is 4.57. The molecule has 0 spiro atoms. The summed E-state index contributed by atoms with van der Waals surface area (Å²) in [5.41, 5.74) is -0.700. The number of hydrogen-bond acceptors (Lipinski definition) is 3. The molecule has 0 radical (unpaired) electrons. The van der Waals surface area contributed by atoms with Gasteiger partial charge in [0.05, 0.1) is 5.57 Å². The lowest BCUT2D eigenvalue weighted by Gasteiger charge is -2.21. The van der Waals surface area contributed by atoms with Crippen molar-refractivity contribution in [1.29, 1.82) is 0 Å². The molecule has 0 bridgehead atoms. The first-order valence-corrected chi connectivity index (χ1v) is 7.45. The van der Waals surface area contributed by atoms with E-state index in [1.165, 1.54) is 17.8 Å². The maximum absolute atomic E-state index is 12.6. The van der Waals surface area contributed by atoms with E-state index < -0.39 is 23.0 Å². The summed E-state index contributed by atoms with van der Waals surface area (Å²) in [6, 6.07) is 0. The molecule has 7 heteroatoms. The van der Waals surface area contributed by atoms with Crippen LogP contribution in [0, 0.1) is 5.92 Å². The van der Waals surface area contributed by atoms with Crippen LogP contribution in [0.3, 0.4) is 0 Å². The van der Waals surface area contributed by atoms with Crippen LogP contribution in [-0.2, 0) is 4.79 Å². The summed E-state index contributed by atoms with van der Waals surface area (Å²) in [6.45, 7) is 1.89. The molecule has 0 aromatic rings. The summed E-state index contributed by atoms with van der Waals surface area (Å²) in [5, 5.41) is 8.65. The first-order valence-electron chi connectivity index (χ1n) is 5.58. The third kappa shape index (κ3) is 2.86. The van der Waals surface area contributed by atoms with Crippen LogP contribution in [0.15, 0.2) is 33.6 Å². The molecule has 2 rings (SSSR count). The summed E-state index contributed by atoms with van der Waals surface area (Å²) in [5.74, 6) is -0.627. The largest absolute Gasteiger partial charge is 0.477 e. The van der Waals surface area contributed by atoms with Gasteiger partial charge in [-0.3, -0.25) is 0 Å². The first kappa shape index (κ1) is 14.6. The second-order valence-electron chi connectivity index (χ2n) is 4.02. The van der Waals surface area contributed by atoms with E-state index >= 15 is 0 Å². The van der Waals surface area contributed by atoms with Gasteiger partial charge in [0.2, 0.25) is 0 Å². The third-order valence-electron chi connectivity index (χ3n) is 2.78. The number of hydrogen-bond donors (Lipinski definition) is 1. The van der Waals surface area contributed by atoms with Crippen molar-refractivity contribution in [1.82, 2.24) is 0 Å². The number of aliphatic carboxylic acids is 1. The lowest BCUT2D eigenvalue weighted by atomic mass is 9.95. The molecule has 0 fully saturated rings. The second kappa shape index (κ2) is 5.28. The van der Waals surface area contributed by atoms with E-state index in [9.17, 15) is 18.0 Å². The van der Waals surface area contributed by atoms with Gasteiger partial charge in [-0.15, -0.1) is 23.5 Å². The highest BCUT2D eigenvalue weighted by Crippen LogP contribution is 2.51. The Hall–Kier alpha value is -0.820. The molecular weight excluding hydrogens is 297 g/mol. The Morgan fingerprint density at radius 1 is 1.53 bits per heavy atom. The minimum Gasteiger partial charge on any atom is -0.477 e. The molecule has 2 aliphatic rings. The van der Waals surface area contributed by atoms with Crippen LogP contribution >= 0.6 is 23.5 Å². The van der Waals surface area contributed by atoms with Gasteiger partial charge >= 0.3 is 12.1 Å². The quantitative estimate of drug-likeness (QED) is 0.860. The van der Waals surface area contributed by atoms with E-state index in [-0.39, 0.29) is 10.8 Å². The maximum atomic E-state index is 12.6. The average molecular weight is 308 g/mol. The van der Waals surface area contributed by atoms with Crippen molar-refractivity contribution in [3.05, 3.63) is 33.6 Å². The molecule has 2 unspecified atom stereocenters. The number of carboxylic acid groups (broad SMARTS) is 1. The summed E-state index contributed by atoms with van der Waals surface area (Å²) >= 11 is 2.39. The van der Waals surface area contributed by atoms with Crippen LogP contribution in [0.2, 0.25) is 0 Å². The summed E-state index contributed by atoms with van der Waals surface area (Å²) < 4.78 is 37.9. The molecule has 0 saturated carbocycles. The zero-order chi connectivity index (χ0) is 14.2. The monoisotopic (exact) mass is 308 g/mol. The van der Waals surface area contributed by atoms with Gasteiger partial charge in [-0.1, -0.05) is 25.2 Å². The molecule has 1 aliphatic heterocycles. The Balaban J connectivity index is 2.30. The Labute approximate surface area is 116 Å². The number of halogens is 3. The van der Waals surface area contributed by atoms with Crippen molar-refractivity contribution in [2.75, 3.05) is 5.75 Å². The van der Waals surface area contributed by atoms with Crippen LogP contribution in [0.4, 0.5) is 13.2 Å². The van der Waals surface area contributed by atoms with Crippen molar-refractivity contribution < 1.29 is 23.1 Å². The van der Waals surface area contributed by atoms with Crippen LogP contribution in [0.1, 0.15) is 6.92 Å². The number of rotatable bonds is 3. The molecule has 1 N–H and O–H groups in total. The van der Waals surface area contributed by atoms with Gasteiger partial charge in [-0.25, -0.2) is 4.79 Å². The molecule has 2 atom stereocenters. The minimum atomic E-state index is -4.38. The van der Waals surface area contributed by atoms with Gasteiger partial charge in [-0.05, 0) is 5.75 Å². The Bertz CT molecular complexity index is 492. The maximum Gasteiger partial charge on any atom is 0.416 e. The van der Waals surface area contributed by atoms with E-state index in [4.69, 9.17) is 5.11 Å². The molecule has 19 heavy (non-hydrogen) atoms. The minimum absolute atomic E-state index is 0.172. The zero-order valence-corrected chi connectivity index (χ0v) is 11.5. The van der Waals surface area contributed by atoms with Gasteiger partial charge in [0, 0.05) is 16.1 Å². The van der Waals surface area contributed by atoms with Gasteiger partial charge < -0.3 is 5.11 Å². The predicted molar refractivity (Wildman–Crippen MR) is 70.9 cm³/mol. The zero-order valence-electron chi connectivity index (χ0n) is 9.90. The van der Waals surface area contributed by atoms with Crippen LogP contribution in [0.25, 0.3) is 0 Å². The molecular formula is C12H11F3O2S2. The van der Waals surface area contributed by atoms with E-state index in [1.54, 1.807) is 0 Å². The lowest BCUT2D eigenvalue weighted by molar-refractivity contribution is -0.131. The van der Waals surface area contributed by atoms with Crippen molar-refractivity contribution in [2.24, 2.45) is 5.92 Å². The molecule has 0 amide bonds. The smallest absolute Gasteiger partial charge is 0.416 e. The Kier molecular flexibility index (Phi) is 4.06. The average Bonchev–Trinajstić information content (AvgIpc) is 2.67. The highest BCUT2D eigenvalue weighted by molar-refractivity contribution is 8.08. The summed E-state index contributed by atoms with van der Waals surface area (Å²) in [4.78, 5) is 12.0. The van der Waals surface area contributed by atoms with Gasteiger partial charge in [0.25, 0.3) is 0 Å². The fraction of sp³-hybridized carbons (Fsp3) is 0.417. The molecule has 2 nitrogen and oxygen atoms in total. The van der Waals surface area contributed by atoms with E-state index in [0.717, 1.165) is 23.9 Å². The van der Waals surface area contributed by atoms with Gasteiger partial charge in [0.1, 0.15) is 4.91 Å². The molecule has 1 aliphatic carbocycles. The van der Waals surface area contributed by atoms with E-state index in [0.29, 0.717) is 10.7 Å². The number of alkyl halides is 3. The van der Waals surface area contributed by atoms with Crippen LogP contribution < -0.4 is 0 Å². The van der Waals surface area contributed by atoms with Crippen molar-refractivity contribution in [3.8, 4) is 0 Å². The Morgan fingerprint density at radius 3 is 2.74 bits per heavy atom. The molecule has 104 valence electrons. The van der Waals surface area contributed by atoms with Gasteiger partial charge in [0.15, 0.2) is 0 Å². The molecule has 0 aromatic heterocycles. The molecule has 0 aromatic carbocycles. The standard InChI is InChI=1S/C12H11F3O2S2/c1-2-18-9-7-4-3-6(12(13,14)15)5-8(7)19-10(9)11(16)17/h3-5,7-8H,2H2,1H3,(H,16,17). The molecule has 1 heterocycles. The Morgan fingerprint density at radius 2 is 2.21 bits per heavy atom. The summed E-state index contributed by atoms with van der Waals surface area (Å²) in [6.07, 6.45) is -0.745. The van der Waals surface area contributed by atoms with Crippen LogP contribution in [-0.4, -0.2) is 28.3 Å². The third-order valence-corrected chi connectivity index (χ3v) is 5.32. The lowest BCUT2D eigenvalue weighted by Crippen LogP contribution is -2.19. The summed E-state index contributed by atoms with van der Waals surface area (Å²) in [7, 11) is 0. The SMILES string of the molecule is CCSC1=C(C(=O)O)SC2C=C(C(F)(F)F)C=CC12. The number of thioether (sulfide) groups is 2. The predicted octanol–water partition coefficient (Wildman–Crippen LogP) is 3.83. The highest BCUT2D eigenvalue weighted by atomic mass is 32.2. The van der Waals surface area contributed by atoms with Crippen molar-refractivity contribution >= 4 is 29.5 Å². The van der Waals surface area contributed by atoms with Gasteiger partial charge in [-0.2, -0.15) is 13.2 Å². The number of carbonyl (C=O) groups is 1. The van der Waals surface area contributed by atoms with Crippen molar-refractivity contribution in [3.63, 3.8) is 0 Å². The highest BCUT2D eigenvalue weighted by Gasteiger charge is 2.41. The van der Waals surface area contributed by atoms with Crippen LogP contribution in [0.5, 0.6) is 0 Å². The normalized spacial score (nSPS) is 26.4. The second-order valence-corrected chi connectivity index (χ2v) is 6.51. The fourth-order valence-electron chi connectivity index (χ4n) is 2.00. The first-order chi connectivity index (χ1) is 8.84.